The van der Waals surface area contributed by atoms with E-state index < -0.39 is 17.8 Å². The van der Waals surface area contributed by atoms with E-state index in [9.17, 15) is 22.7 Å². The van der Waals surface area contributed by atoms with E-state index >= 15 is 0 Å². The van der Waals surface area contributed by atoms with Gasteiger partial charge >= 0.3 is 6.18 Å². The van der Waals surface area contributed by atoms with E-state index in [1.54, 1.807) is 19.1 Å². The molecule has 4 aliphatic rings. The fraction of sp³-hybridized carbons (Fsp3) is 0.519. The van der Waals surface area contributed by atoms with Gasteiger partial charge in [-0.1, -0.05) is 11.6 Å². The number of aromatic nitrogens is 4. The Kier molecular flexibility index (Phi) is 5.42. The lowest BCUT2D eigenvalue weighted by Crippen LogP contribution is -2.62. The first-order valence-electron chi connectivity index (χ1n) is 13.1. The normalized spacial score (nSPS) is 26.3. The van der Waals surface area contributed by atoms with E-state index in [1.807, 2.05) is 17.0 Å². The number of rotatable bonds is 3. The molecule has 3 fully saturated rings. The summed E-state index contributed by atoms with van der Waals surface area (Å²) < 4.78 is 55.6. The van der Waals surface area contributed by atoms with Gasteiger partial charge in [-0.15, -0.1) is 10.2 Å². The largest absolute Gasteiger partial charge is 0.417 e. The Morgan fingerprint density at radius 2 is 1.79 bits per heavy atom. The maximum absolute atomic E-state index is 13.6. The maximum Gasteiger partial charge on any atom is 0.417 e. The van der Waals surface area contributed by atoms with Crippen molar-refractivity contribution >= 4 is 17.4 Å². The number of pyridine rings is 1. The zero-order valence-corrected chi connectivity index (χ0v) is 22.0. The smallest absolute Gasteiger partial charge is 0.380 e. The average molecular weight is 563 g/mol. The number of nitrogens with zero attached hydrogens (tertiary/aromatic N) is 6. The SMILES string of the molecule is Cc1cc(N2CC3(CC(c4nnc5n4-c4ccc(Cl)cc4CN(C4CC(O)(C(F)(F)F)C4)C5)C3)C2)ncc1F. The van der Waals surface area contributed by atoms with Crippen molar-refractivity contribution in [3.8, 4) is 5.69 Å². The Labute approximate surface area is 227 Å². The molecule has 0 atom stereocenters. The van der Waals surface area contributed by atoms with Crippen molar-refractivity contribution in [3.05, 3.63) is 64.1 Å². The van der Waals surface area contributed by atoms with Crippen molar-refractivity contribution in [2.24, 2.45) is 5.41 Å². The van der Waals surface area contributed by atoms with Crippen LogP contribution in [0.5, 0.6) is 0 Å². The quantitative estimate of drug-likeness (QED) is 0.457. The van der Waals surface area contributed by atoms with Gasteiger partial charge in [0, 0.05) is 54.9 Å². The fourth-order valence-corrected chi connectivity index (χ4v) is 7.03. The van der Waals surface area contributed by atoms with Gasteiger partial charge in [0.05, 0.1) is 18.4 Å². The molecule has 0 radical (unpaired) electrons. The monoisotopic (exact) mass is 562 g/mol. The van der Waals surface area contributed by atoms with Gasteiger partial charge in [0.1, 0.15) is 17.5 Å². The zero-order chi connectivity index (χ0) is 27.3. The number of halogens is 5. The lowest BCUT2D eigenvalue weighted by atomic mass is 9.57. The predicted octanol–water partition coefficient (Wildman–Crippen LogP) is 4.92. The Morgan fingerprint density at radius 3 is 2.49 bits per heavy atom. The molecule has 0 unspecified atom stereocenters. The van der Waals surface area contributed by atoms with Gasteiger partial charge in [-0.3, -0.25) is 9.47 Å². The molecule has 7 nitrogen and oxygen atoms in total. The topological polar surface area (TPSA) is 70.3 Å². The van der Waals surface area contributed by atoms with E-state index in [4.69, 9.17) is 11.6 Å². The maximum atomic E-state index is 13.6. The molecule has 0 bridgehead atoms. The van der Waals surface area contributed by atoms with E-state index in [0.717, 1.165) is 48.8 Å². The van der Waals surface area contributed by atoms with Gasteiger partial charge < -0.3 is 10.0 Å². The summed E-state index contributed by atoms with van der Waals surface area (Å²) in [4.78, 5) is 8.35. The molecule has 2 aliphatic carbocycles. The van der Waals surface area contributed by atoms with E-state index in [2.05, 4.69) is 24.6 Å². The minimum absolute atomic E-state index is 0.161. The van der Waals surface area contributed by atoms with Crippen LogP contribution in [0.15, 0.2) is 30.5 Å². The third-order valence-electron chi connectivity index (χ3n) is 9.08. The molecule has 206 valence electrons. The number of hydrogen-bond acceptors (Lipinski definition) is 6. The lowest BCUT2D eigenvalue weighted by molar-refractivity contribution is -0.300. The Balaban J connectivity index is 1.11. The van der Waals surface area contributed by atoms with Crippen LogP contribution in [0.25, 0.3) is 5.69 Å². The van der Waals surface area contributed by atoms with Crippen molar-refractivity contribution in [1.82, 2.24) is 24.6 Å². The summed E-state index contributed by atoms with van der Waals surface area (Å²) in [5.41, 5.74) is -0.111. The number of aryl methyl sites for hydroxylation is 1. The third kappa shape index (κ3) is 3.95. The number of fused-ring (bicyclic) bond motifs is 3. The summed E-state index contributed by atoms with van der Waals surface area (Å²) in [6.45, 7) is 4.18. The van der Waals surface area contributed by atoms with Crippen molar-refractivity contribution in [3.63, 3.8) is 0 Å². The molecule has 39 heavy (non-hydrogen) atoms. The van der Waals surface area contributed by atoms with Crippen LogP contribution in [0.3, 0.4) is 0 Å². The molecule has 0 amide bonds. The van der Waals surface area contributed by atoms with Crippen LogP contribution < -0.4 is 4.90 Å². The van der Waals surface area contributed by atoms with Crippen LogP contribution in [-0.2, 0) is 13.1 Å². The Bertz CT molecular complexity index is 1450. The molecule has 3 aromatic rings. The molecule has 4 heterocycles. The molecular formula is C27H27ClF4N6O. The van der Waals surface area contributed by atoms with E-state index in [-0.39, 0.29) is 30.0 Å². The van der Waals surface area contributed by atoms with Crippen molar-refractivity contribution in [2.45, 2.75) is 69.4 Å². The fourth-order valence-electron chi connectivity index (χ4n) is 6.83. The minimum atomic E-state index is -4.65. The first-order chi connectivity index (χ1) is 18.4. The summed E-state index contributed by atoms with van der Waals surface area (Å²) >= 11 is 6.32. The second-order valence-corrected chi connectivity index (χ2v) is 12.3. The second kappa shape index (κ2) is 8.37. The van der Waals surface area contributed by atoms with Crippen LogP contribution in [0.1, 0.15) is 54.4 Å². The van der Waals surface area contributed by atoms with Crippen LogP contribution in [0.2, 0.25) is 5.02 Å². The molecular weight excluding hydrogens is 536 g/mol. The van der Waals surface area contributed by atoms with Crippen LogP contribution in [-0.4, -0.2) is 60.7 Å². The van der Waals surface area contributed by atoms with Crippen LogP contribution in [0.4, 0.5) is 23.4 Å². The van der Waals surface area contributed by atoms with Crippen molar-refractivity contribution in [2.75, 3.05) is 18.0 Å². The number of anilines is 1. The summed E-state index contributed by atoms with van der Waals surface area (Å²) in [6.07, 6.45) is -2.22. The number of alkyl halides is 3. The first kappa shape index (κ1) is 25.2. The predicted molar refractivity (Wildman–Crippen MR) is 135 cm³/mol. The zero-order valence-electron chi connectivity index (χ0n) is 21.2. The van der Waals surface area contributed by atoms with Gasteiger partial charge in [0.2, 0.25) is 0 Å². The summed E-state index contributed by atoms with van der Waals surface area (Å²) in [6, 6.07) is 6.93. The molecule has 1 N–H and O–H groups in total. The highest BCUT2D eigenvalue weighted by molar-refractivity contribution is 6.30. The van der Waals surface area contributed by atoms with E-state index in [1.165, 1.54) is 6.20 Å². The molecule has 2 saturated carbocycles. The van der Waals surface area contributed by atoms with E-state index in [0.29, 0.717) is 29.5 Å². The van der Waals surface area contributed by atoms with Crippen molar-refractivity contribution in [1.29, 1.82) is 0 Å². The summed E-state index contributed by atoms with van der Waals surface area (Å²) in [7, 11) is 0. The number of hydrogen-bond donors (Lipinski definition) is 1. The number of aliphatic hydroxyl groups is 1. The number of benzene rings is 1. The van der Waals surface area contributed by atoms with Gasteiger partial charge in [-0.05, 0) is 55.2 Å². The summed E-state index contributed by atoms with van der Waals surface area (Å²) in [5.74, 6) is 2.22. The molecule has 7 rings (SSSR count). The van der Waals surface area contributed by atoms with Gasteiger partial charge in [-0.25, -0.2) is 9.37 Å². The first-order valence-corrected chi connectivity index (χ1v) is 13.4. The summed E-state index contributed by atoms with van der Waals surface area (Å²) in [5, 5.41) is 19.6. The average Bonchev–Trinajstić information content (AvgIpc) is 3.11. The molecule has 1 aromatic carbocycles. The lowest BCUT2D eigenvalue weighted by Gasteiger charge is -2.59. The molecule has 12 heteroatoms. The van der Waals surface area contributed by atoms with Crippen LogP contribution in [0, 0.1) is 18.2 Å². The third-order valence-corrected chi connectivity index (χ3v) is 9.31. The standard InChI is InChI=1S/C27H27ClF4N6O/c1-15-4-22(33-10-20(15)29)37-13-25(14-37)6-17(7-25)24-35-34-23-12-36(19-8-26(39,9-19)27(30,31)32)11-16-5-18(28)2-3-21(16)38(23)24/h2-5,10,17,19,39H,6-9,11-14H2,1H3. The highest BCUT2D eigenvalue weighted by Gasteiger charge is 2.62. The van der Waals surface area contributed by atoms with Gasteiger partial charge in [-0.2, -0.15) is 13.2 Å². The molecule has 1 saturated heterocycles. The van der Waals surface area contributed by atoms with Crippen LogP contribution >= 0.6 is 11.6 Å². The van der Waals surface area contributed by atoms with Crippen molar-refractivity contribution < 1.29 is 22.7 Å². The molecule has 1 spiro atoms. The highest BCUT2D eigenvalue weighted by Crippen LogP contribution is 2.57. The van der Waals surface area contributed by atoms with Gasteiger partial charge in [0.15, 0.2) is 11.4 Å². The highest BCUT2D eigenvalue weighted by atomic mass is 35.5. The molecule has 2 aliphatic heterocycles. The molecule has 2 aromatic heterocycles. The second-order valence-electron chi connectivity index (χ2n) is 11.8. The minimum Gasteiger partial charge on any atom is -0.380 e. The Morgan fingerprint density at radius 1 is 1.05 bits per heavy atom. The van der Waals surface area contributed by atoms with Gasteiger partial charge in [0.25, 0.3) is 0 Å². The Hall–Kier alpha value is -2.76.